The number of carbonyl (C=O) groups is 1. The van der Waals surface area contributed by atoms with Crippen molar-refractivity contribution < 1.29 is 9.53 Å². The summed E-state index contributed by atoms with van der Waals surface area (Å²) in [7, 11) is 0. The highest BCUT2D eigenvalue weighted by molar-refractivity contribution is 5.80. The number of nitrogens with zero attached hydrogens (tertiary/aromatic N) is 1. The molecule has 3 heteroatoms. The maximum Gasteiger partial charge on any atom is 0.139 e. The molecule has 0 atom stereocenters. The lowest BCUT2D eigenvalue weighted by Gasteiger charge is -2.34. The first-order valence-corrected chi connectivity index (χ1v) is 7.28. The van der Waals surface area contributed by atoms with Crippen LogP contribution < -0.4 is 0 Å². The van der Waals surface area contributed by atoms with Gasteiger partial charge in [-0.25, -0.2) is 0 Å². The first-order valence-electron chi connectivity index (χ1n) is 7.28. The second-order valence-corrected chi connectivity index (χ2v) is 5.35. The summed E-state index contributed by atoms with van der Waals surface area (Å²) in [6, 6.07) is 4.03. The average molecular weight is 261 g/mol. The predicted octanol–water partition coefficient (Wildman–Crippen LogP) is 2.96. The number of rotatable bonds is 7. The van der Waals surface area contributed by atoms with Crippen LogP contribution in [0.25, 0.3) is 0 Å². The lowest BCUT2D eigenvalue weighted by atomic mass is 9.78. The Labute approximate surface area is 115 Å². The van der Waals surface area contributed by atoms with Gasteiger partial charge in [0.1, 0.15) is 5.78 Å². The minimum Gasteiger partial charge on any atom is -0.378 e. The fourth-order valence-electron chi connectivity index (χ4n) is 2.58. The molecule has 3 nitrogen and oxygen atoms in total. The number of hydrogen-bond donors (Lipinski definition) is 0. The quantitative estimate of drug-likeness (QED) is 0.757. The standard InChI is InChI=1S/C16H23NO2/c1-3-12-5-6-14(17-11-12)10-15(18)7-13-8-16(9-13)19-4-2/h5-6,11,13,16H,3-4,7-10H2,1-2H3. The van der Waals surface area contributed by atoms with Crippen LogP contribution in [0.5, 0.6) is 0 Å². The summed E-state index contributed by atoms with van der Waals surface area (Å²) in [5, 5.41) is 0. The van der Waals surface area contributed by atoms with Crippen molar-refractivity contribution in [1.29, 1.82) is 0 Å². The van der Waals surface area contributed by atoms with E-state index in [0.29, 0.717) is 30.6 Å². The summed E-state index contributed by atoms with van der Waals surface area (Å²) in [5.41, 5.74) is 2.11. The molecule has 0 amide bonds. The van der Waals surface area contributed by atoms with E-state index in [1.165, 1.54) is 5.56 Å². The molecule has 0 aliphatic heterocycles. The van der Waals surface area contributed by atoms with E-state index in [9.17, 15) is 4.79 Å². The predicted molar refractivity (Wildman–Crippen MR) is 75.1 cm³/mol. The van der Waals surface area contributed by atoms with Gasteiger partial charge in [0, 0.05) is 31.3 Å². The fraction of sp³-hybridized carbons (Fsp3) is 0.625. The smallest absolute Gasteiger partial charge is 0.139 e. The molecule has 0 unspecified atom stereocenters. The highest BCUT2D eigenvalue weighted by Gasteiger charge is 2.30. The van der Waals surface area contributed by atoms with Gasteiger partial charge in [-0.15, -0.1) is 0 Å². The Morgan fingerprint density at radius 3 is 2.74 bits per heavy atom. The molecule has 0 saturated heterocycles. The molecule has 1 aromatic rings. The van der Waals surface area contributed by atoms with Crippen LogP contribution in [-0.4, -0.2) is 23.5 Å². The molecule has 0 bridgehead atoms. The van der Waals surface area contributed by atoms with Crippen LogP contribution in [0.1, 0.15) is 44.4 Å². The third-order valence-electron chi connectivity index (χ3n) is 3.78. The van der Waals surface area contributed by atoms with Gasteiger partial charge in [0.05, 0.1) is 6.10 Å². The molecular formula is C16H23NO2. The molecule has 0 radical (unpaired) electrons. The van der Waals surface area contributed by atoms with Crippen molar-refractivity contribution in [2.45, 2.75) is 52.1 Å². The number of aryl methyl sites for hydroxylation is 1. The van der Waals surface area contributed by atoms with Crippen molar-refractivity contribution in [3.63, 3.8) is 0 Å². The molecule has 0 spiro atoms. The van der Waals surface area contributed by atoms with Crippen molar-refractivity contribution in [2.24, 2.45) is 5.92 Å². The van der Waals surface area contributed by atoms with E-state index in [4.69, 9.17) is 4.74 Å². The van der Waals surface area contributed by atoms with Crippen LogP contribution in [-0.2, 0) is 22.4 Å². The van der Waals surface area contributed by atoms with Crippen molar-refractivity contribution in [1.82, 2.24) is 4.98 Å². The molecule has 1 aliphatic carbocycles. The van der Waals surface area contributed by atoms with Crippen molar-refractivity contribution in [3.8, 4) is 0 Å². The number of pyridine rings is 1. The molecule has 19 heavy (non-hydrogen) atoms. The Hall–Kier alpha value is -1.22. The SMILES string of the molecule is CCOC1CC(CC(=O)Cc2ccc(CC)cn2)C1. The largest absolute Gasteiger partial charge is 0.378 e. The van der Waals surface area contributed by atoms with E-state index in [2.05, 4.69) is 18.0 Å². The first-order chi connectivity index (χ1) is 9.21. The molecule has 1 saturated carbocycles. The second-order valence-electron chi connectivity index (χ2n) is 5.35. The second kappa shape index (κ2) is 6.80. The van der Waals surface area contributed by atoms with Crippen LogP contribution >= 0.6 is 0 Å². The van der Waals surface area contributed by atoms with Gasteiger partial charge < -0.3 is 4.74 Å². The maximum atomic E-state index is 12.0. The van der Waals surface area contributed by atoms with Crippen LogP contribution in [0.3, 0.4) is 0 Å². The minimum atomic E-state index is 0.302. The number of ketones is 1. The van der Waals surface area contributed by atoms with E-state index < -0.39 is 0 Å². The Morgan fingerprint density at radius 2 is 2.16 bits per heavy atom. The van der Waals surface area contributed by atoms with E-state index in [-0.39, 0.29) is 0 Å². The monoisotopic (exact) mass is 261 g/mol. The van der Waals surface area contributed by atoms with Crippen molar-refractivity contribution in [3.05, 3.63) is 29.6 Å². The van der Waals surface area contributed by atoms with Crippen LogP contribution in [0.4, 0.5) is 0 Å². The van der Waals surface area contributed by atoms with Crippen LogP contribution in [0, 0.1) is 5.92 Å². The zero-order valence-corrected chi connectivity index (χ0v) is 11.9. The third kappa shape index (κ3) is 4.13. The van der Waals surface area contributed by atoms with Gasteiger partial charge in [-0.3, -0.25) is 9.78 Å². The molecule has 2 rings (SSSR count). The van der Waals surface area contributed by atoms with Gasteiger partial charge in [-0.05, 0) is 43.7 Å². The van der Waals surface area contributed by atoms with E-state index in [1.807, 2.05) is 19.2 Å². The van der Waals surface area contributed by atoms with Gasteiger partial charge in [-0.1, -0.05) is 13.0 Å². The maximum absolute atomic E-state index is 12.0. The van der Waals surface area contributed by atoms with E-state index >= 15 is 0 Å². The highest BCUT2D eigenvalue weighted by atomic mass is 16.5. The molecule has 1 fully saturated rings. The van der Waals surface area contributed by atoms with Gasteiger partial charge >= 0.3 is 0 Å². The van der Waals surface area contributed by atoms with Crippen LogP contribution in [0.2, 0.25) is 0 Å². The summed E-state index contributed by atoms with van der Waals surface area (Å²) in [6.07, 6.45) is 6.49. The molecule has 0 N–H and O–H groups in total. The van der Waals surface area contributed by atoms with Gasteiger partial charge in [0.15, 0.2) is 0 Å². The Morgan fingerprint density at radius 1 is 1.37 bits per heavy atom. The molecule has 1 aromatic heterocycles. The summed E-state index contributed by atoms with van der Waals surface area (Å²) >= 11 is 0. The van der Waals surface area contributed by atoms with Crippen molar-refractivity contribution >= 4 is 5.78 Å². The highest BCUT2D eigenvalue weighted by Crippen LogP contribution is 2.33. The average Bonchev–Trinajstić information content (AvgIpc) is 2.37. The van der Waals surface area contributed by atoms with E-state index in [1.54, 1.807) is 0 Å². The molecule has 104 valence electrons. The summed E-state index contributed by atoms with van der Waals surface area (Å²) in [5.74, 6) is 0.829. The number of Topliss-reactive ketones (excluding diaryl/α,β-unsaturated/α-hetero) is 1. The fourth-order valence-corrected chi connectivity index (χ4v) is 2.58. The third-order valence-corrected chi connectivity index (χ3v) is 3.78. The summed E-state index contributed by atoms with van der Waals surface area (Å²) in [6.45, 7) is 4.90. The first kappa shape index (κ1) is 14.2. The molecule has 1 heterocycles. The van der Waals surface area contributed by atoms with Gasteiger partial charge in [0.2, 0.25) is 0 Å². The molecule has 1 aliphatic rings. The Kier molecular flexibility index (Phi) is 5.08. The van der Waals surface area contributed by atoms with Crippen LogP contribution in [0.15, 0.2) is 18.3 Å². The number of aromatic nitrogens is 1. The minimum absolute atomic E-state index is 0.302. The zero-order valence-electron chi connectivity index (χ0n) is 11.9. The van der Waals surface area contributed by atoms with Gasteiger partial charge in [0.25, 0.3) is 0 Å². The number of ether oxygens (including phenoxy) is 1. The zero-order chi connectivity index (χ0) is 13.7. The summed E-state index contributed by atoms with van der Waals surface area (Å²) in [4.78, 5) is 16.3. The Balaban J connectivity index is 1.72. The van der Waals surface area contributed by atoms with E-state index in [0.717, 1.165) is 31.6 Å². The molecule has 0 aromatic carbocycles. The number of hydrogen-bond acceptors (Lipinski definition) is 3. The van der Waals surface area contributed by atoms with Crippen molar-refractivity contribution in [2.75, 3.05) is 6.61 Å². The summed E-state index contributed by atoms with van der Waals surface area (Å²) < 4.78 is 5.51. The lowest BCUT2D eigenvalue weighted by molar-refractivity contribution is -0.121. The normalized spacial score (nSPS) is 22.0. The number of carbonyl (C=O) groups excluding carboxylic acids is 1. The topological polar surface area (TPSA) is 39.2 Å². The van der Waals surface area contributed by atoms with Gasteiger partial charge in [-0.2, -0.15) is 0 Å². The molecular weight excluding hydrogens is 238 g/mol. The lowest BCUT2D eigenvalue weighted by Crippen LogP contribution is -2.33. The Bertz CT molecular complexity index is 407.